The Kier molecular flexibility index (Phi) is 5.04. The molecule has 0 saturated heterocycles. The zero-order chi connectivity index (χ0) is 48.3. The largest absolute Gasteiger partial charge is 0.455 e. The molecule has 2 heteroatoms. The molecule has 2 nitrogen and oxygen atoms in total. The third-order valence-electron chi connectivity index (χ3n) is 10.2. The molecule has 0 aliphatic carbocycles. The summed E-state index contributed by atoms with van der Waals surface area (Å²) in [5.41, 5.74) is 1.87. The second-order valence-corrected chi connectivity index (χ2v) is 13.5. The van der Waals surface area contributed by atoms with Crippen molar-refractivity contribution in [2.75, 3.05) is 4.90 Å². The summed E-state index contributed by atoms with van der Waals surface area (Å²) in [5.74, 6) is 0. The van der Waals surface area contributed by atoms with E-state index in [0.717, 1.165) is 44.0 Å². The summed E-state index contributed by atoms with van der Waals surface area (Å²) in [6.45, 7) is 0. The number of fused-ring (bicyclic) bond motifs is 7. The lowest BCUT2D eigenvalue weighted by molar-refractivity contribution is 0.672. The van der Waals surface area contributed by atoms with E-state index in [0.29, 0.717) is 32.9 Å². The van der Waals surface area contributed by atoms with Gasteiger partial charge in [-0.3, -0.25) is 0 Å². The van der Waals surface area contributed by atoms with E-state index < -0.39 is 101 Å². The fourth-order valence-corrected chi connectivity index (χ4v) is 7.59. The van der Waals surface area contributed by atoms with Gasteiger partial charge in [0.1, 0.15) is 11.2 Å². The van der Waals surface area contributed by atoms with Crippen LogP contribution >= 0.6 is 0 Å². The quantitative estimate of drug-likeness (QED) is 0.170. The van der Waals surface area contributed by atoms with Crippen LogP contribution in [0.1, 0.15) is 17.8 Å². The molecule has 11 aromatic rings. The molecule has 1 heterocycles. The molecule has 0 radical (unpaired) electrons. The molecule has 262 valence electrons. The average Bonchev–Trinajstić information content (AvgIpc) is 3.75. The molecule has 0 bridgehead atoms. The Labute approximate surface area is 343 Å². The first-order valence-corrected chi connectivity index (χ1v) is 18.1. The van der Waals surface area contributed by atoms with Crippen molar-refractivity contribution in [2.24, 2.45) is 0 Å². The monoisotopic (exact) mass is 726 g/mol. The SMILES string of the molecule is [2H]c1c([2H])c([2H])c(-c2c([2H])c([2H])c(-c3c([2H])c([2H])c(-c4cc5c(oc6cccc(N(c7ccc8ccccc8c7)c7ccc8ccccc8c7)c65)c5ccccc45)c([2H])c3[2H])c([2H])c2[2H])c([2H])c1[2H]. The van der Waals surface area contributed by atoms with Crippen molar-refractivity contribution < 1.29 is 22.2 Å². The minimum atomic E-state index is -0.772. The number of hydrogen-bond acceptors (Lipinski definition) is 2. The van der Waals surface area contributed by atoms with Crippen molar-refractivity contribution in [3.8, 4) is 33.4 Å². The molecular weight excluding hydrogens is 679 g/mol. The molecule has 1 aromatic heterocycles. The smallest absolute Gasteiger partial charge is 0.143 e. The van der Waals surface area contributed by atoms with Crippen LogP contribution in [0, 0.1) is 0 Å². The van der Waals surface area contributed by atoms with E-state index in [1.807, 2.05) is 66.7 Å². The third-order valence-corrected chi connectivity index (χ3v) is 10.2. The molecule has 10 aromatic carbocycles. The first kappa shape index (κ1) is 21.5. The number of benzene rings is 10. The van der Waals surface area contributed by atoms with Crippen LogP contribution < -0.4 is 4.90 Å². The highest BCUT2D eigenvalue weighted by molar-refractivity contribution is 6.22. The Morgan fingerprint density at radius 3 is 1.52 bits per heavy atom. The topological polar surface area (TPSA) is 16.4 Å². The number of hydrogen-bond donors (Lipinski definition) is 0. The Hall–Kier alpha value is -7.42. The van der Waals surface area contributed by atoms with E-state index >= 15 is 0 Å². The van der Waals surface area contributed by atoms with E-state index in [4.69, 9.17) is 16.8 Å². The summed E-state index contributed by atoms with van der Waals surface area (Å²) in [4.78, 5) is 2.18. The van der Waals surface area contributed by atoms with Gasteiger partial charge >= 0.3 is 0 Å². The Balaban J connectivity index is 1.15. The Morgan fingerprint density at radius 2 is 0.911 bits per heavy atom. The number of furan rings is 1. The minimum Gasteiger partial charge on any atom is -0.455 e. The predicted molar refractivity (Wildman–Crippen MR) is 237 cm³/mol. The second kappa shape index (κ2) is 13.2. The molecule has 0 atom stereocenters. The molecule has 0 spiro atoms. The molecular formula is C54H35NO. The van der Waals surface area contributed by atoms with Crippen LogP contribution in [0.5, 0.6) is 0 Å². The summed E-state index contributed by atoms with van der Waals surface area (Å²) in [7, 11) is 0. The van der Waals surface area contributed by atoms with Crippen molar-refractivity contribution in [3.63, 3.8) is 0 Å². The highest BCUT2D eigenvalue weighted by Gasteiger charge is 2.22. The first-order valence-electron chi connectivity index (χ1n) is 24.6. The van der Waals surface area contributed by atoms with Gasteiger partial charge in [0.05, 0.1) is 28.9 Å². The van der Waals surface area contributed by atoms with Gasteiger partial charge in [0.2, 0.25) is 0 Å². The van der Waals surface area contributed by atoms with Crippen molar-refractivity contribution in [1.82, 2.24) is 0 Å². The maximum Gasteiger partial charge on any atom is 0.143 e. The molecule has 56 heavy (non-hydrogen) atoms. The van der Waals surface area contributed by atoms with Gasteiger partial charge in [-0.1, -0.05) is 170 Å². The number of anilines is 3. The lowest BCUT2D eigenvalue weighted by atomic mass is 9.93. The molecule has 0 aliphatic rings. The molecule has 0 unspecified atom stereocenters. The van der Waals surface area contributed by atoms with E-state index in [1.165, 1.54) is 0 Å². The van der Waals surface area contributed by atoms with Gasteiger partial charge in [-0.05, 0) is 103 Å². The zero-order valence-corrected chi connectivity index (χ0v) is 29.6. The van der Waals surface area contributed by atoms with E-state index in [1.54, 1.807) is 6.07 Å². The lowest BCUT2D eigenvalue weighted by Crippen LogP contribution is -2.10. The standard InChI is InChI=1S/C54H35NO/c1-2-11-36(12-3-1)39-21-23-40(24-22-39)41-25-27-42(28-26-41)49-35-50-53-51(19-10-20-52(53)56-54(50)48-18-9-8-17-47(48)49)55(45-31-29-37-13-4-6-15-43(37)33-45)46-32-30-38-14-5-7-16-44(38)34-46/h1-35H/i1D,2D,3D,11D,12D,21D,22D,23D,24D,25D,26D,27D,28D. The fraction of sp³-hybridized carbons (Fsp3) is 0. The van der Waals surface area contributed by atoms with E-state index in [9.17, 15) is 5.48 Å². The van der Waals surface area contributed by atoms with E-state index in [2.05, 4.69) is 65.6 Å². The molecule has 11 rings (SSSR count). The highest BCUT2D eigenvalue weighted by Crippen LogP contribution is 2.47. The van der Waals surface area contributed by atoms with Crippen LogP contribution in [0.25, 0.3) is 87.6 Å². The van der Waals surface area contributed by atoms with Gasteiger partial charge in [0.15, 0.2) is 0 Å². The van der Waals surface area contributed by atoms with Gasteiger partial charge in [0, 0.05) is 22.1 Å². The van der Waals surface area contributed by atoms with Crippen molar-refractivity contribution in [1.29, 1.82) is 0 Å². The predicted octanol–water partition coefficient (Wildman–Crippen LogP) is 15.5. The summed E-state index contributed by atoms with van der Waals surface area (Å²) in [5, 5.41) is 6.85. The van der Waals surface area contributed by atoms with Gasteiger partial charge in [-0.25, -0.2) is 0 Å². The van der Waals surface area contributed by atoms with Gasteiger partial charge < -0.3 is 9.32 Å². The second-order valence-electron chi connectivity index (χ2n) is 13.5. The summed E-state index contributed by atoms with van der Waals surface area (Å²) in [6, 6.07) is 35.0. The summed E-state index contributed by atoms with van der Waals surface area (Å²) in [6.07, 6.45) is 0. The number of nitrogens with zero attached hydrogens (tertiary/aromatic N) is 1. The highest BCUT2D eigenvalue weighted by atomic mass is 16.3. The number of rotatable bonds is 6. The molecule has 0 aliphatic heterocycles. The average molecular weight is 727 g/mol. The summed E-state index contributed by atoms with van der Waals surface area (Å²) < 4.78 is 122. The maximum absolute atomic E-state index is 9.54. The molecule has 0 saturated carbocycles. The maximum atomic E-state index is 9.54. The van der Waals surface area contributed by atoms with Gasteiger partial charge in [-0.15, -0.1) is 0 Å². The Morgan fingerprint density at radius 1 is 0.393 bits per heavy atom. The van der Waals surface area contributed by atoms with Crippen molar-refractivity contribution >= 4 is 71.3 Å². The molecule has 0 fully saturated rings. The summed E-state index contributed by atoms with van der Waals surface area (Å²) >= 11 is 0. The first-order chi connectivity index (χ1) is 33.2. The van der Waals surface area contributed by atoms with E-state index in [-0.39, 0.29) is 5.56 Å². The lowest BCUT2D eigenvalue weighted by Gasteiger charge is -2.27. The van der Waals surface area contributed by atoms with Gasteiger partial charge in [-0.2, -0.15) is 0 Å². The minimum absolute atomic E-state index is 0.0643. The normalized spacial score (nSPS) is 14.8. The molecule has 0 amide bonds. The van der Waals surface area contributed by atoms with Crippen LogP contribution in [0.2, 0.25) is 0 Å². The van der Waals surface area contributed by atoms with Crippen molar-refractivity contribution in [3.05, 3.63) is 212 Å². The third kappa shape index (κ3) is 5.42. The van der Waals surface area contributed by atoms with Crippen molar-refractivity contribution in [2.45, 2.75) is 0 Å². The van der Waals surface area contributed by atoms with Crippen LogP contribution in [-0.2, 0) is 0 Å². The van der Waals surface area contributed by atoms with Crippen LogP contribution in [0.15, 0.2) is 216 Å². The van der Waals surface area contributed by atoms with Gasteiger partial charge in [0.25, 0.3) is 0 Å². The zero-order valence-electron chi connectivity index (χ0n) is 42.6. The Bertz CT molecular complexity index is 3870. The van der Waals surface area contributed by atoms with Crippen LogP contribution in [0.3, 0.4) is 0 Å². The molecule has 0 N–H and O–H groups in total. The fourth-order valence-electron chi connectivity index (χ4n) is 7.59. The van der Waals surface area contributed by atoms with Crippen LogP contribution in [-0.4, -0.2) is 0 Å². The van der Waals surface area contributed by atoms with Crippen LogP contribution in [0.4, 0.5) is 17.1 Å².